The average Bonchev–Trinajstić information content (AvgIpc) is 3.17. The second-order valence-corrected chi connectivity index (χ2v) is 6.44. The number of amides is 2. The SMILES string of the molecule is NCc1ccc(C(=O)Nc2c(NC(=O)O)cccc2-c2cccs2)cc1. The van der Waals surface area contributed by atoms with E-state index in [2.05, 4.69) is 10.6 Å². The predicted octanol–water partition coefficient (Wildman–Crippen LogP) is 4.22. The van der Waals surface area contributed by atoms with Crippen molar-refractivity contribution in [2.24, 2.45) is 5.73 Å². The van der Waals surface area contributed by atoms with Gasteiger partial charge in [-0.3, -0.25) is 10.1 Å². The van der Waals surface area contributed by atoms with Crippen LogP contribution < -0.4 is 16.4 Å². The van der Waals surface area contributed by atoms with Crippen molar-refractivity contribution in [3.05, 3.63) is 71.1 Å². The Hall–Kier alpha value is -3.16. The first-order valence-corrected chi connectivity index (χ1v) is 8.73. The van der Waals surface area contributed by atoms with Crippen LogP contribution in [0.5, 0.6) is 0 Å². The van der Waals surface area contributed by atoms with Gasteiger partial charge in [0.2, 0.25) is 0 Å². The van der Waals surface area contributed by atoms with E-state index in [1.165, 1.54) is 11.3 Å². The van der Waals surface area contributed by atoms with Crippen LogP contribution in [0.25, 0.3) is 10.4 Å². The largest absolute Gasteiger partial charge is 0.465 e. The van der Waals surface area contributed by atoms with Gasteiger partial charge < -0.3 is 16.2 Å². The molecule has 0 spiro atoms. The van der Waals surface area contributed by atoms with Crippen molar-refractivity contribution >= 4 is 34.7 Å². The quantitative estimate of drug-likeness (QED) is 0.542. The first kappa shape index (κ1) is 17.7. The molecule has 2 amide bonds. The number of nitrogens with one attached hydrogen (secondary N) is 2. The molecular formula is C19H17N3O3S. The van der Waals surface area contributed by atoms with Crippen molar-refractivity contribution < 1.29 is 14.7 Å². The molecule has 2 aromatic carbocycles. The summed E-state index contributed by atoms with van der Waals surface area (Å²) in [5.74, 6) is -0.328. The highest BCUT2D eigenvalue weighted by molar-refractivity contribution is 7.13. The molecule has 6 nitrogen and oxygen atoms in total. The number of rotatable bonds is 5. The van der Waals surface area contributed by atoms with Crippen LogP contribution in [0.3, 0.4) is 0 Å². The lowest BCUT2D eigenvalue weighted by Crippen LogP contribution is -2.16. The number of anilines is 2. The van der Waals surface area contributed by atoms with Gasteiger partial charge in [-0.25, -0.2) is 4.79 Å². The maximum absolute atomic E-state index is 12.7. The lowest BCUT2D eigenvalue weighted by molar-refractivity contribution is 0.102. The van der Waals surface area contributed by atoms with E-state index in [9.17, 15) is 9.59 Å². The van der Waals surface area contributed by atoms with Gasteiger partial charge in [0.15, 0.2) is 0 Å². The number of nitrogens with two attached hydrogens (primary N) is 1. The molecule has 1 aromatic heterocycles. The number of benzene rings is 2. The van der Waals surface area contributed by atoms with E-state index < -0.39 is 6.09 Å². The highest BCUT2D eigenvalue weighted by atomic mass is 32.1. The number of thiophene rings is 1. The molecule has 26 heavy (non-hydrogen) atoms. The Balaban J connectivity index is 1.98. The molecule has 0 bridgehead atoms. The first-order valence-electron chi connectivity index (χ1n) is 7.85. The minimum atomic E-state index is -1.20. The summed E-state index contributed by atoms with van der Waals surface area (Å²) in [5.41, 5.74) is 8.45. The molecule has 0 atom stereocenters. The summed E-state index contributed by atoms with van der Waals surface area (Å²) in [6.07, 6.45) is -1.20. The van der Waals surface area contributed by atoms with Gasteiger partial charge in [-0.05, 0) is 35.2 Å². The molecule has 0 radical (unpaired) electrons. The smallest absolute Gasteiger partial charge is 0.409 e. The molecule has 5 N–H and O–H groups in total. The van der Waals surface area contributed by atoms with Gasteiger partial charge in [-0.15, -0.1) is 11.3 Å². The summed E-state index contributed by atoms with van der Waals surface area (Å²) in [7, 11) is 0. The van der Waals surface area contributed by atoms with Crippen LogP contribution >= 0.6 is 11.3 Å². The van der Waals surface area contributed by atoms with E-state index in [0.717, 1.165) is 16.0 Å². The molecule has 7 heteroatoms. The summed E-state index contributed by atoms with van der Waals surface area (Å²) < 4.78 is 0. The standard InChI is InChI=1S/C19H17N3O3S/c20-11-12-6-8-13(9-7-12)18(23)22-17-14(16-5-2-10-26-16)3-1-4-15(17)21-19(24)25/h1-10,21H,11,20H2,(H,22,23)(H,24,25). The Morgan fingerprint density at radius 2 is 1.77 bits per heavy atom. The molecule has 3 aromatic rings. The monoisotopic (exact) mass is 367 g/mol. The van der Waals surface area contributed by atoms with E-state index in [0.29, 0.717) is 23.5 Å². The Bertz CT molecular complexity index is 922. The minimum absolute atomic E-state index is 0.315. The van der Waals surface area contributed by atoms with Crippen LogP contribution in [-0.2, 0) is 6.54 Å². The van der Waals surface area contributed by atoms with Crippen molar-refractivity contribution in [2.45, 2.75) is 6.54 Å². The van der Waals surface area contributed by atoms with Crippen LogP contribution in [0.15, 0.2) is 60.0 Å². The summed E-state index contributed by atoms with van der Waals surface area (Å²) in [4.78, 5) is 24.7. The molecule has 0 aliphatic rings. The molecule has 1 heterocycles. The maximum atomic E-state index is 12.7. The number of hydrogen-bond acceptors (Lipinski definition) is 4. The summed E-state index contributed by atoms with van der Waals surface area (Å²) >= 11 is 1.51. The molecule has 3 rings (SSSR count). The molecular weight excluding hydrogens is 350 g/mol. The van der Waals surface area contributed by atoms with E-state index in [4.69, 9.17) is 10.8 Å². The van der Waals surface area contributed by atoms with Gasteiger partial charge in [0, 0.05) is 22.5 Å². The molecule has 0 saturated heterocycles. The molecule has 132 valence electrons. The third-order valence-corrected chi connectivity index (χ3v) is 4.69. The van der Waals surface area contributed by atoms with E-state index in [-0.39, 0.29) is 5.91 Å². The van der Waals surface area contributed by atoms with Crippen LogP contribution in [0, 0.1) is 0 Å². The second-order valence-electron chi connectivity index (χ2n) is 5.49. The Kier molecular flexibility index (Phi) is 5.31. The van der Waals surface area contributed by atoms with Gasteiger partial charge >= 0.3 is 6.09 Å². The van der Waals surface area contributed by atoms with E-state index in [1.54, 1.807) is 36.4 Å². The molecule has 0 unspecified atom stereocenters. The number of hydrogen-bond donors (Lipinski definition) is 4. The lowest BCUT2D eigenvalue weighted by atomic mass is 10.1. The van der Waals surface area contributed by atoms with Crippen molar-refractivity contribution in [1.29, 1.82) is 0 Å². The zero-order chi connectivity index (χ0) is 18.5. The highest BCUT2D eigenvalue weighted by Gasteiger charge is 2.16. The minimum Gasteiger partial charge on any atom is -0.465 e. The molecule has 0 fully saturated rings. The number of para-hydroxylation sites is 1. The maximum Gasteiger partial charge on any atom is 0.409 e. The fraction of sp³-hybridized carbons (Fsp3) is 0.0526. The third kappa shape index (κ3) is 3.90. The van der Waals surface area contributed by atoms with Gasteiger partial charge in [-0.2, -0.15) is 0 Å². The van der Waals surface area contributed by atoms with Gasteiger partial charge in [0.25, 0.3) is 5.91 Å². The van der Waals surface area contributed by atoms with Crippen LogP contribution in [0.2, 0.25) is 0 Å². The fourth-order valence-corrected chi connectivity index (χ4v) is 3.28. The van der Waals surface area contributed by atoms with E-state index in [1.807, 2.05) is 23.6 Å². The normalized spacial score (nSPS) is 10.3. The zero-order valence-corrected chi connectivity index (χ0v) is 14.5. The van der Waals surface area contributed by atoms with Crippen LogP contribution in [0.4, 0.5) is 16.2 Å². The van der Waals surface area contributed by atoms with Gasteiger partial charge in [0.05, 0.1) is 11.4 Å². The lowest BCUT2D eigenvalue weighted by Gasteiger charge is -2.15. The number of carbonyl (C=O) groups excluding carboxylic acids is 1. The second kappa shape index (κ2) is 7.81. The first-order chi connectivity index (χ1) is 12.6. The van der Waals surface area contributed by atoms with E-state index >= 15 is 0 Å². The predicted molar refractivity (Wildman–Crippen MR) is 104 cm³/mol. The number of carboxylic acid groups (broad SMARTS) is 1. The van der Waals surface area contributed by atoms with Gasteiger partial charge in [0.1, 0.15) is 0 Å². The Morgan fingerprint density at radius 1 is 1.00 bits per heavy atom. The fourth-order valence-electron chi connectivity index (χ4n) is 2.52. The highest BCUT2D eigenvalue weighted by Crippen LogP contribution is 2.37. The molecule has 0 aliphatic heterocycles. The van der Waals surface area contributed by atoms with Crippen molar-refractivity contribution in [3.8, 4) is 10.4 Å². The summed E-state index contributed by atoms with van der Waals surface area (Å²) in [6.45, 7) is 0.399. The summed E-state index contributed by atoms with van der Waals surface area (Å²) in [5, 5.41) is 16.2. The summed E-state index contributed by atoms with van der Waals surface area (Å²) in [6, 6.07) is 16.0. The van der Waals surface area contributed by atoms with Crippen molar-refractivity contribution in [1.82, 2.24) is 0 Å². The van der Waals surface area contributed by atoms with Gasteiger partial charge in [-0.1, -0.05) is 30.3 Å². The number of carbonyl (C=O) groups is 2. The average molecular weight is 367 g/mol. The van der Waals surface area contributed by atoms with Crippen molar-refractivity contribution in [3.63, 3.8) is 0 Å². The van der Waals surface area contributed by atoms with Crippen LogP contribution in [0.1, 0.15) is 15.9 Å². The van der Waals surface area contributed by atoms with Crippen LogP contribution in [-0.4, -0.2) is 17.1 Å². The molecule has 0 saturated carbocycles. The van der Waals surface area contributed by atoms with Crippen molar-refractivity contribution in [2.75, 3.05) is 10.6 Å². The Morgan fingerprint density at radius 3 is 2.38 bits per heavy atom. The Labute approximate surface area is 154 Å². The molecule has 0 aliphatic carbocycles. The topological polar surface area (TPSA) is 104 Å². The third-order valence-electron chi connectivity index (χ3n) is 3.78. The zero-order valence-electron chi connectivity index (χ0n) is 13.7.